The number of nitrogens with zero attached hydrogens (tertiary/aromatic N) is 1. The zero-order chi connectivity index (χ0) is 25.2. The van der Waals surface area contributed by atoms with Crippen molar-refractivity contribution in [3.05, 3.63) is 59.7 Å². The number of aliphatic carboxylic acids is 1. The maximum Gasteiger partial charge on any atom is 0.407 e. The molecule has 2 aliphatic rings. The fourth-order valence-electron chi connectivity index (χ4n) is 5.38. The summed E-state index contributed by atoms with van der Waals surface area (Å²) in [6.07, 6.45) is 1.18. The number of carbonyl (C=O) groups is 3. The number of likely N-dealkylation sites (tertiary alicyclic amines) is 1. The first kappa shape index (κ1) is 24.8. The Bertz CT molecular complexity index is 1070. The molecule has 1 fully saturated rings. The maximum absolute atomic E-state index is 13.4. The van der Waals surface area contributed by atoms with E-state index in [4.69, 9.17) is 4.74 Å². The third kappa shape index (κ3) is 4.77. The van der Waals surface area contributed by atoms with Gasteiger partial charge >= 0.3 is 12.1 Å². The van der Waals surface area contributed by atoms with Crippen molar-refractivity contribution >= 4 is 18.0 Å². The number of carboxylic acid groups (broad SMARTS) is 1. The second-order valence-electron chi connectivity index (χ2n) is 9.92. The Labute approximate surface area is 206 Å². The first-order chi connectivity index (χ1) is 16.8. The van der Waals surface area contributed by atoms with Crippen LogP contribution in [0.4, 0.5) is 4.79 Å². The summed E-state index contributed by atoms with van der Waals surface area (Å²) >= 11 is 0. The topological polar surface area (TPSA) is 95.9 Å². The molecule has 1 saturated heterocycles. The van der Waals surface area contributed by atoms with E-state index in [2.05, 4.69) is 29.6 Å². The SMILES string of the molecule is CCC(C)(CNC(=O)OCC1c2ccccc2-c2ccccc21)C(=O)N1CCC[C@@H](C(=O)O)[C@H]1C. The van der Waals surface area contributed by atoms with Crippen LogP contribution in [0.15, 0.2) is 48.5 Å². The summed E-state index contributed by atoms with van der Waals surface area (Å²) in [5.41, 5.74) is 3.76. The Balaban J connectivity index is 1.38. The minimum Gasteiger partial charge on any atom is -0.481 e. The summed E-state index contributed by atoms with van der Waals surface area (Å²) in [5, 5.41) is 12.3. The minimum atomic E-state index is -0.870. The molecule has 1 aliphatic heterocycles. The molecule has 4 rings (SSSR count). The summed E-state index contributed by atoms with van der Waals surface area (Å²) in [4.78, 5) is 39.3. The third-order valence-electron chi connectivity index (χ3n) is 7.83. The molecule has 0 saturated carbocycles. The van der Waals surface area contributed by atoms with Gasteiger partial charge in [0.2, 0.25) is 5.91 Å². The van der Waals surface area contributed by atoms with Crippen molar-refractivity contribution in [2.75, 3.05) is 19.7 Å². The molecule has 0 bridgehead atoms. The summed E-state index contributed by atoms with van der Waals surface area (Å²) in [6.45, 7) is 6.38. The van der Waals surface area contributed by atoms with Crippen molar-refractivity contribution in [1.29, 1.82) is 0 Å². The van der Waals surface area contributed by atoms with Crippen LogP contribution in [0, 0.1) is 11.3 Å². The Morgan fingerprint density at radius 2 is 1.69 bits per heavy atom. The number of fused-ring (bicyclic) bond motifs is 3. The Kier molecular flexibility index (Phi) is 7.15. The highest BCUT2D eigenvalue weighted by Gasteiger charge is 2.42. The van der Waals surface area contributed by atoms with Crippen LogP contribution >= 0.6 is 0 Å². The Morgan fingerprint density at radius 1 is 1.09 bits per heavy atom. The fraction of sp³-hybridized carbons (Fsp3) is 0.464. The number of nitrogens with one attached hydrogen (secondary N) is 1. The highest BCUT2D eigenvalue weighted by atomic mass is 16.5. The van der Waals surface area contributed by atoms with E-state index in [1.807, 2.05) is 38.1 Å². The van der Waals surface area contributed by atoms with Crippen LogP contribution in [0.1, 0.15) is 57.1 Å². The fourth-order valence-corrected chi connectivity index (χ4v) is 5.38. The van der Waals surface area contributed by atoms with E-state index in [1.54, 1.807) is 11.8 Å². The van der Waals surface area contributed by atoms with Crippen LogP contribution in [0.5, 0.6) is 0 Å². The van der Waals surface area contributed by atoms with Gasteiger partial charge in [-0.25, -0.2) is 4.79 Å². The van der Waals surface area contributed by atoms with Crippen LogP contribution < -0.4 is 5.32 Å². The summed E-state index contributed by atoms with van der Waals surface area (Å²) in [7, 11) is 0. The van der Waals surface area contributed by atoms with E-state index in [0.29, 0.717) is 25.8 Å². The highest BCUT2D eigenvalue weighted by Crippen LogP contribution is 2.44. The predicted molar refractivity (Wildman–Crippen MR) is 133 cm³/mol. The van der Waals surface area contributed by atoms with Gasteiger partial charge in [0, 0.05) is 25.0 Å². The van der Waals surface area contributed by atoms with Crippen LogP contribution in [-0.4, -0.2) is 53.7 Å². The molecule has 35 heavy (non-hydrogen) atoms. The first-order valence-corrected chi connectivity index (χ1v) is 12.4. The van der Waals surface area contributed by atoms with E-state index in [9.17, 15) is 19.5 Å². The van der Waals surface area contributed by atoms with Crippen molar-refractivity contribution in [3.63, 3.8) is 0 Å². The maximum atomic E-state index is 13.4. The molecule has 0 radical (unpaired) electrons. The van der Waals surface area contributed by atoms with E-state index in [-0.39, 0.29) is 31.0 Å². The van der Waals surface area contributed by atoms with E-state index >= 15 is 0 Å². The van der Waals surface area contributed by atoms with Gasteiger partial charge in [0.15, 0.2) is 0 Å². The second kappa shape index (κ2) is 10.1. The summed E-state index contributed by atoms with van der Waals surface area (Å²) in [6, 6.07) is 15.9. The Hall–Kier alpha value is -3.35. The molecular weight excluding hydrogens is 444 g/mol. The lowest BCUT2D eigenvalue weighted by molar-refractivity contribution is -0.153. The average Bonchev–Trinajstić information content (AvgIpc) is 3.19. The zero-order valence-corrected chi connectivity index (χ0v) is 20.6. The molecule has 1 aliphatic carbocycles. The van der Waals surface area contributed by atoms with Gasteiger partial charge in [0.05, 0.1) is 11.3 Å². The van der Waals surface area contributed by atoms with Crippen LogP contribution in [-0.2, 0) is 14.3 Å². The monoisotopic (exact) mass is 478 g/mol. The highest BCUT2D eigenvalue weighted by molar-refractivity contribution is 5.85. The van der Waals surface area contributed by atoms with Crippen molar-refractivity contribution in [2.45, 2.75) is 52.0 Å². The van der Waals surface area contributed by atoms with Gasteiger partial charge in [-0.05, 0) is 55.4 Å². The molecule has 2 amide bonds. The lowest BCUT2D eigenvalue weighted by atomic mass is 9.82. The minimum absolute atomic E-state index is 0.0329. The van der Waals surface area contributed by atoms with E-state index in [1.165, 1.54) is 0 Å². The molecule has 7 heteroatoms. The van der Waals surface area contributed by atoms with E-state index in [0.717, 1.165) is 22.3 Å². The number of alkyl carbamates (subject to hydrolysis) is 1. The number of carboxylic acids is 1. The largest absolute Gasteiger partial charge is 0.481 e. The molecule has 2 aromatic carbocycles. The number of rotatable bonds is 7. The second-order valence-corrected chi connectivity index (χ2v) is 9.92. The molecule has 2 aromatic rings. The molecule has 1 unspecified atom stereocenters. The number of hydrogen-bond acceptors (Lipinski definition) is 4. The lowest BCUT2D eigenvalue weighted by Crippen LogP contribution is -2.55. The Morgan fingerprint density at radius 3 is 2.26 bits per heavy atom. The van der Waals surface area contributed by atoms with Gasteiger partial charge in [-0.3, -0.25) is 9.59 Å². The molecule has 1 heterocycles. The number of ether oxygens (including phenoxy) is 1. The van der Waals surface area contributed by atoms with Crippen LogP contribution in [0.2, 0.25) is 0 Å². The van der Waals surface area contributed by atoms with Crippen molar-refractivity contribution in [1.82, 2.24) is 10.2 Å². The van der Waals surface area contributed by atoms with Gasteiger partial charge in [0.25, 0.3) is 0 Å². The number of carbonyl (C=O) groups excluding carboxylic acids is 2. The van der Waals surface area contributed by atoms with Crippen molar-refractivity contribution in [3.8, 4) is 11.1 Å². The smallest absolute Gasteiger partial charge is 0.407 e. The van der Waals surface area contributed by atoms with Crippen LogP contribution in [0.25, 0.3) is 11.1 Å². The molecule has 186 valence electrons. The first-order valence-electron chi connectivity index (χ1n) is 12.4. The number of piperidine rings is 1. The molecule has 0 spiro atoms. The number of hydrogen-bond donors (Lipinski definition) is 2. The molecule has 2 N–H and O–H groups in total. The van der Waals surface area contributed by atoms with Gasteiger partial charge in [0.1, 0.15) is 6.61 Å². The van der Waals surface area contributed by atoms with E-state index < -0.39 is 23.4 Å². The summed E-state index contributed by atoms with van der Waals surface area (Å²) in [5.74, 6) is -1.60. The van der Waals surface area contributed by atoms with Gasteiger partial charge < -0.3 is 20.1 Å². The number of benzene rings is 2. The summed E-state index contributed by atoms with van der Waals surface area (Å²) < 4.78 is 5.62. The molecule has 7 nitrogen and oxygen atoms in total. The average molecular weight is 479 g/mol. The molecule has 0 aromatic heterocycles. The van der Waals surface area contributed by atoms with Gasteiger partial charge in [-0.2, -0.15) is 0 Å². The van der Waals surface area contributed by atoms with Crippen LogP contribution in [0.3, 0.4) is 0 Å². The molecule has 3 atom stereocenters. The van der Waals surface area contributed by atoms with Gasteiger partial charge in [-0.1, -0.05) is 55.5 Å². The van der Waals surface area contributed by atoms with Crippen molar-refractivity contribution in [2.24, 2.45) is 11.3 Å². The molecular formula is C28H34N2O5. The third-order valence-corrected chi connectivity index (χ3v) is 7.83. The predicted octanol–water partition coefficient (Wildman–Crippen LogP) is 4.65. The van der Waals surface area contributed by atoms with Gasteiger partial charge in [-0.15, -0.1) is 0 Å². The zero-order valence-electron chi connectivity index (χ0n) is 20.6. The quantitative estimate of drug-likeness (QED) is 0.604. The lowest BCUT2D eigenvalue weighted by Gasteiger charge is -2.42. The number of amides is 2. The van der Waals surface area contributed by atoms with Crippen molar-refractivity contribution < 1.29 is 24.2 Å². The normalized spacial score (nSPS) is 20.9. The standard InChI is InChI=1S/C28H34N2O5/c1-4-28(3,26(33)30-15-9-14-19(18(30)2)25(31)32)17-29-27(34)35-16-24-22-12-7-5-10-20(22)21-11-6-8-13-23(21)24/h5-8,10-13,18-19,24H,4,9,14-17H2,1-3H3,(H,29,34)(H,31,32)/t18-,19-,28?/m1/s1.